The average molecular weight is 436 g/mol. The number of H-pyrrole nitrogens is 1. The minimum Gasteiger partial charge on any atom is -0.508 e. The number of aromatic amines is 1. The van der Waals surface area contributed by atoms with Crippen LogP contribution in [0.4, 0.5) is 11.4 Å². The smallest absolute Gasteiger partial charge is 0.261 e. The van der Waals surface area contributed by atoms with Gasteiger partial charge < -0.3 is 20.3 Å². The third-order valence-corrected chi connectivity index (χ3v) is 5.63. The van der Waals surface area contributed by atoms with Gasteiger partial charge in [0.1, 0.15) is 11.3 Å². The number of carbonyl (C=O) groups is 1. The quantitative estimate of drug-likeness (QED) is 0.531. The number of rotatable bonds is 3. The van der Waals surface area contributed by atoms with Gasteiger partial charge in [-0.05, 0) is 46.2 Å². The molecule has 2 aromatic carbocycles. The van der Waals surface area contributed by atoms with Crippen LogP contribution < -0.4 is 15.6 Å². The average Bonchev–Trinajstić information content (AvgIpc) is 2.66. The maximum atomic E-state index is 13.1. The molecule has 0 radical (unpaired) electrons. The van der Waals surface area contributed by atoms with Crippen LogP contribution in [0.25, 0.3) is 10.9 Å². The van der Waals surface area contributed by atoms with Gasteiger partial charge in [-0.2, -0.15) is 0 Å². The Balaban J connectivity index is 2.09. The number of fused-ring (bicyclic) bond motifs is 1. The van der Waals surface area contributed by atoms with Crippen molar-refractivity contribution in [1.29, 1.82) is 0 Å². The summed E-state index contributed by atoms with van der Waals surface area (Å²) in [5.74, 6) is -0.402. The molecule has 0 aliphatic heterocycles. The maximum absolute atomic E-state index is 13.1. The maximum Gasteiger partial charge on any atom is 0.261 e. The SMILES string of the molecule is CN(C)c1ccc2[nH]cc(C(=O)Nc3cc(O)c(C(C)(C)C)cc3C(C)(C)C)c(=O)c2c1. The lowest BCUT2D eigenvalue weighted by Crippen LogP contribution is -2.25. The normalized spacial score (nSPS) is 12.1. The number of phenolic OH excluding ortho intramolecular Hbond substituents is 1. The molecular formula is C26H33N3O3. The van der Waals surface area contributed by atoms with Crippen LogP contribution in [-0.2, 0) is 10.8 Å². The first kappa shape index (κ1) is 23.4. The lowest BCUT2D eigenvalue weighted by molar-refractivity contribution is 0.102. The van der Waals surface area contributed by atoms with E-state index in [1.165, 1.54) is 6.20 Å². The monoisotopic (exact) mass is 435 g/mol. The molecule has 3 N–H and O–H groups in total. The lowest BCUT2D eigenvalue weighted by atomic mass is 9.79. The number of aromatic hydroxyl groups is 1. The second kappa shape index (κ2) is 8.01. The fraction of sp³-hybridized carbons (Fsp3) is 0.385. The van der Waals surface area contributed by atoms with Crippen molar-refractivity contribution in [2.45, 2.75) is 52.4 Å². The Morgan fingerprint density at radius 3 is 2.16 bits per heavy atom. The fourth-order valence-corrected chi connectivity index (χ4v) is 3.76. The molecule has 0 spiro atoms. The van der Waals surface area contributed by atoms with Gasteiger partial charge in [-0.15, -0.1) is 0 Å². The first-order valence-electron chi connectivity index (χ1n) is 10.7. The third kappa shape index (κ3) is 4.49. The highest BCUT2D eigenvalue weighted by molar-refractivity contribution is 6.06. The van der Waals surface area contributed by atoms with E-state index in [4.69, 9.17) is 0 Å². The Morgan fingerprint density at radius 2 is 1.59 bits per heavy atom. The van der Waals surface area contributed by atoms with E-state index in [0.29, 0.717) is 16.6 Å². The molecule has 1 amide bonds. The topological polar surface area (TPSA) is 85.4 Å². The van der Waals surface area contributed by atoms with Crippen molar-refractivity contribution in [3.05, 3.63) is 63.4 Å². The highest BCUT2D eigenvalue weighted by Crippen LogP contribution is 2.39. The first-order valence-corrected chi connectivity index (χ1v) is 10.7. The van der Waals surface area contributed by atoms with Gasteiger partial charge >= 0.3 is 0 Å². The summed E-state index contributed by atoms with van der Waals surface area (Å²) in [5.41, 5.74) is 2.87. The largest absolute Gasteiger partial charge is 0.508 e. The Morgan fingerprint density at radius 1 is 0.969 bits per heavy atom. The molecule has 3 rings (SSSR count). The number of carbonyl (C=O) groups excluding carboxylic acids is 1. The molecule has 3 aromatic rings. The number of aromatic nitrogens is 1. The zero-order valence-corrected chi connectivity index (χ0v) is 20.2. The summed E-state index contributed by atoms with van der Waals surface area (Å²) in [5, 5.41) is 14.0. The minimum atomic E-state index is -0.517. The molecule has 0 atom stereocenters. The van der Waals surface area contributed by atoms with E-state index >= 15 is 0 Å². The Labute approximate surface area is 189 Å². The molecule has 1 aromatic heterocycles. The van der Waals surface area contributed by atoms with Gasteiger partial charge in [0, 0.05) is 48.6 Å². The summed E-state index contributed by atoms with van der Waals surface area (Å²) in [6.07, 6.45) is 1.44. The summed E-state index contributed by atoms with van der Waals surface area (Å²) < 4.78 is 0. The molecule has 6 heteroatoms. The molecule has 0 bridgehead atoms. The van der Waals surface area contributed by atoms with E-state index in [1.807, 2.05) is 78.7 Å². The molecule has 170 valence electrons. The van der Waals surface area contributed by atoms with Gasteiger partial charge in [0.15, 0.2) is 0 Å². The number of benzene rings is 2. The number of nitrogens with zero attached hydrogens (tertiary/aromatic N) is 1. The molecule has 0 aliphatic carbocycles. The van der Waals surface area contributed by atoms with E-state index < -0.39 is 5.91 Å². The molecule has 0 aliphatic rings. The number of hydrogen-bond donors (Lipinski definition) is 3. The second-order valence-electron chi connectivity index (χ2n) is 10.5. The number of amides is 1. The van der Waals surface area contributed by atoms with Gasteiger partial charge in [-0.25, -0.2) is 0 Å². The van der Waals surface area contributed by atoms with Crippen LogP contribution in [0.2, 0.25) is 0 Å². The number of phenols is 1. The van der Waals surface area contributed by atoms with Crippen LogP contribution in [0.1, 0.15) is 63.0 Å². The highest BCUT2D eigenvalue weighted by Gasteiger charge is 2.26. The first-order chi connectivity index (χ1) is 14.7. The molecular weight excluding hydrogens is 402 g/mol. The van der Waals surface area contributed by atoms with Gasteiger partial charge in [0.05, 0.1) is 0 Å². The highest BCUT2D eigenvalue weighted by atomic mass is 16.3. The lowest BCUT2D eigenvalue weighted by Gasteiger charge is -2.28. The number of hydrogen-bond acceptors (Lipinski definition) is 4. The fourth-order valence-electron chi connectivity index (χ4n) is 3.76. The summed E-state index contributed by atoms with van der Waals surface area (Å²) in [4.78, 5) is 31.2. The van der Waals surface area contributed by atoms with Crippen molar-refractivity contribution in [2.24, 2.45) is 0 Å². The predicted octanol–water partition coefficient (Wildman–Crippen LogP) is 5.15. The Hall–Kier alpha value is -3.28. The van der Waals surface area contributed by atoms with Crippen molar-refractivity contribution in [2.75, 3.05) is 24.3 Å². The van der Waals surface area contributed by atoms with Crippen molar-refractivity contribution in [3.8, 4) is 5.75 Å². The van der Waals surface area contributed by atoms with E-state index in [1.54, 1.807) is 12.1 Å². The van der Waals surface area contributed by atoms with Crippen molar-refractivity contribution < 1.29 is 9.90 Å². The number of nitrogens with one attached hydrogen (secondary N) is 2. The zero-order valence-electron chi connectivity index (χ0n) is 20.2. The third-order valence-electron chi connectivity index (χ3n) is 5.63. The van der Waals surface area contributed by atoms with Gasteiger partial charge in [-0.1, -0.05) is 41.5 Å². The van der Waals surface area contributed by atoms with Crippen LogP contribution in [0, 0.1) is 0 Å². The molecule has 0 saturated carbocycles. The van der Waals surface area contributed by atoms with Gasteiger partial charge in [0.2, 0.25) is 5.43 Å². The molecule has 32 heavy (non-hydrogen) atoms. The molecule has 1 heterocycles. The van der Waals surface area contributed by atoms with Crippen LogP contribution in [0.5, 0.6) is 5.75 Å². The molecule has 0 saturated heterocycles. The predicted molar refractivity (Wildman–Crippen MR) is 132 cm³/mol. The second-order valence-corrected chi connectivity index (χ2v) is 10.5. The number of pyridine rings is 1. The standard InChI is InChI=1S/C26H33N3O3/c1-25(2,3)18-12-19(26(4,5)6)22(30)13-21(18)28-24(32)17-14-27-20-10-9-15(29(7)8)11-16(20)23(17)31/h9-14,30H,1-8H3,(H,27,31)(H,28,32). The summed E-state index contributed by atoms with van der Waals surface area (Å²) >= 11 is 0. The Bertz CT molecular complexity index is 1240. The van der Waals surface area contributed by atoms with Gasteiger partial charge in [0.25, 0.3) is 5.91 Å². The van der Waals surface area contributed by atoms with E-state index in [2.05, 4.69) is 10.3 Å². The van der Waals surface area contributed by atoms with E-state index in [0.717, 1.165) is 16.8 Å². The van der Waals surface area contributed by atoms with Gasteiger partial charge in [-0.3, -0.25) is 9.59 Å². The summed E-state index contributed by atoms with van der Waals surface area (Å²) in [6, 6.07) is 9.04. The van der Waals surface area contributed by atoms with Crippen molar-refractivity contribution in [3.63, 3.8) is 0 Å². The summed E-state index contributed by atoms with van der Waals surface area (Å²) in [6.45, 7) is 12.2. The van der Waals surface area contributed by atoms with E-state index in [9.17, 15) is 14.7 Å². The van der Waals surface area contributed by atoms with E-state index in [-0.39, 0.29) is 27.6 Å². The van der Waals surface area contributed by atoms with Crippen molar-refractivity contribution >= 4 is 28.2 Å². The zero-order chi connectivity index (χ0) is 24.0. The van der Waals surface area contributed by atoms with Crippen LogP contribution in [0.3, 0.4) is 0 Å². The molecule has 0 fully saturated rings. The van der Waals surface area contributed by atoms with Crippen LogP contribution in [-0.4, -0.2) is 30.1 Å². The summed E-state index contributed by atoms with van der Waals surface area (Å²) in [7, 11) is 3.79. The van der Waals surface area contributed by atoms with Crippen LogP contribution >= 0.6 is 0 Å². The number of anilines is 2. The minimum absolute atomic E-state index is 0.0210. The Kier molecular flexibility index (Phi) is 5.85. The van der Waals surface area contributed by atoms with Crippen molar-refractivity contribution in [1.82, 2.24) is 4.98 Å². The van der Waals surface area contributed by atoms with Crippen LogP contribution in [0.15, 0.2) is 41.3 Å². The molecule has 6 nitrogen and oxygen atoms in total. The molecule has 0 unspecified atom stereocenters.